The van der Waals surface area contributed by atoms with Crippen LogP contribution in [0.1, 0.15) is 5.56 Å². The Morgan fingerprint density at radius 2 is 1.61 bits per heavy atom. The van der Waals surface area contributed by atoms with Gasteiger partial charge in [0, 0.05) is 0 Å². The molecule has 0 radical (unpaired) electrons. The number of ether oxygens (including phenoxy) is 1. The number of rotatable bonds is 3. The maximum atomic E-state index is 13.2. The SMILES string of the molecule is O=C1OC(C(F)(F)F)(C(F)(F)F)N(CBr)C1Cc1ccccc1. The first-order valence-electron chi connectivity index (χ1n) is 6.27. The van der Waals surface area contributed by atoms with Gasteiger partial charge >= 0.3 is 24.0 Å². The zero-order valence-electron chi connectivity index (χ0n) is 11.3. The molecule has 0 bridgehead atoms. The van der Waals surface area contributed by atoms with Crippen LogP contribution < -0.4 is 0 Å². The van der Waals surface area contributed by atoms with Gasteiger partial charge in [-0.1, -0.05) is 46.3 Å². The van der Waals surface area contributed by atoms with Gasteiger partial charge in [0.25, 0.3) is 0 Å². The molecule has 0 amide bonds. The van der Waals surface area contributed by atoms with Crippen LogP contribution >= 0.6 is 15.9 Å². The van der Waals surface area contributed by atoms with Crippen molar-refractivity contribution in [3.8, 4) is 0 Å². The van der Waals surface area contributed by atoms with E-state index in [-0.39, 0.29) is 11.3 Å². The second-order valence-corrected chi connectivity index (χ2v) is 5.36. The first kappa shape index (κ1) is 18.1. The molecule has 1 aromatic rings. The largest absolute Gasteiger partial charge is 0.453 e. The number of esters is 1. The third kappa shape index (κ3) is 2.93. The van der Waals surface area contributed by atoms with Gasteiger partial charge in [-0.3, -0.25) is 4.79 Å². The average molecular weight is 406 g/mol. The van der Waals surface area contributed by atoms with Crippen molar-refractivity contribution >= 4 is 21.9 Å². The topological polar surface area (TPSA) is 29.5 Å². The lowest BCUT2D eigenvalue weighted by Gasteiger charge is -2.38. The van der Waals surface area contributed by atoms with E-state index < -0.39 is 35.5 Å². The number of carbonyl (C=O) groups is 1. The van der Waals surface area contributed by atoms with E-state index >= 15 is 0 Å². The highest BCUT2D eigenvalue weighted by Gasteiger charge is 2.81. The molecule has 2 rings (SSSR count). The van der Waals surface area contributed by atoms with Gasteiger partial charge in [-0.05, 0) is 12.0 Å². The summed E-state index contributed by atoms with van der Waals surface area (Å²) in [6.45, 7) is 0. The van der Waals surface area contributed by atoms with Crippen LogP contribution in [0.15, 0.2) is 30.3 Å². The average Bonchev–Trinajstić information content (AvgIpc) is 2.73. The smallest absolute Gasteiger partial charge is 0.423 e. The first-order valence-corrected chi connectivity index (χ1v) is 7.39. The van der Waals surface area contributed by atoms with Crippen molar-refractivity contribution in [2.45, 2.75) is 30.5 Å². The van der Waals surface area contributed by atoms with Crippen LogP contribution in [0, 0.1) is 0 Å². The molecule has 0 spiro atoms. The Balaban J connectivity index is 2.46. The van der Waals surface area contributed by atoms with Gasteiger partial charge in [0.05, 0.1) is 5.45 Å². The van der Waals surface area contributed by atoms with E-state index in [1.807, 2.05) is 0 Å². The summed E-state index contributed by atoms with van der Waals surface area (Å²) in [5.74, 6) is -1.57. The molecule has 10 heteroatoms. The molecule has 3 nitrogen and oxygen atoms in total. The molecule has 1 fully saturated rings. The predicted octanol–water partition coefficient (Wildman–Crippen LogP) is 3.63. The van der Waals surface area contributed by atoms with Crippen LogP contribution in [0.2, 0.25) is 0 Å². The number of hydrogen-bond donors (Lipinski definition) is 0. The number of halogens is 7. The summed E-state index contributed by atoms with van der Waals surface area (Å²) >= 11 is 2.61. The number of benzene rings is 1. The first-order chi connectivity index (χ1) is 10.5. The molecule has 0 N–H and O–H groups in total. The van der Waals surface area contributed by atoms with Gasteiger partial charge < -0.3 is 4.74 Å². The van der Waals surface area contributed by atoms with Crippen LogP contribution in [-0.2, 0) is 16.0 Å². The minimum atomic E-state index is -5.83. The van der Waals surface area contributed by atoms with E-state index in [1.54, 1.807) is 18.2 Å². The van der Waals surface area contributed by atoms with Crippen LogP contribution in [0.5, 0.6) is 0 Å². The molecular formula is C13H10BrF6NO2. The fraction of sp³-hybridized carbons (Fsp3) is 0.462. The lowest BCUT2D eigenvalue weighted by molar-refractivity contribution is -0.399. The van der Waals surface area contributed by atoms with E-state index in [2.05, 4.69) is 20.7 Å². The molecule has 1 saturated heterocycles. The van der Waals surface area contributed by atoms with E-state index in [0.29, 0.717) is 5.56 Å². The summed E-state index contributed by atoms with van der Waals surface area (Å²) in [6.07, 6.45) is -12.0. The van der Waals surface area contributed by atoms with Gasteiger partial charge in [0.1, 0.15) is 6.04 Å². The summed E-state index contributed by atoms with van der Waals surface area (Å²) in [5.41, 5.74) is -5.07. The molecule has 1 aromatic carbocycles. The monoisotopic (exact) mass is 405 g/mol. The molecule has 0 aliphatic carbocycles. The number of hydrogen-bond acceptors (Lipinski definition) is 3. The van der Waals surface area contributed by atoms with Crippen LogP contribution in [0.3, 0.4) is 0 Å². The highest BCUT2D eigenvalue weighted by atomic mass is 79.9. The normalized spacial score (nSPS) is 22.2. The van der Waals surface area contributed by atoms with Gasteiger partial charge in [-0.25, -0.2) is 4.90 Å². The number of nitrogens with zero attached hydrogens (tertiary/aromatic N) is 1. The minimum Gasteiger partial charge on any atom is -0.423 e. The van der Waals surface area contributed by atoms with E-state index in [1.165, 1.54) is 12.1 Å². The fourth-order valence-corrected chi connectivity index (χ4v) is 3.12. The van der Waals surface area contributed by atoms with Gasteiger partial charge in [-0.2, -0.15) is 26.3 Å². The highest BCUT2D eigenvalue weighted by Crippen LogP contribution is 2.52. The summed E-state index contributed by atoms with van der Waals surface area (Å²) in [7, 11) is 0. The molecule has 23 heavy (non-hydrogen) atoms. The Kier molecular flexibility index (Phi) is 4.69. The summed E-state index contributed by atoms with van der Waals surface area (Å²) in [4.78, 5) is 11.7. The Hall–Kier alpha value is -1.29. The van der Waals surface area contributed by atoms with Gasteiger partial charge in [-0.15, -0.1) is 0 Å². The van der Waals surface area contributed by atoms with Crippen molar-refractivity contribution in [3.63, 3.8) is 0 Å². The quantitative estimate of drug-likeness (QED) is 0.333. The molecule has 0 aromatic heterocycles. The maximum absolute atomic E-state index is 13.2. The van der Waals surface area contributed by atoms with Gasteiger partial charge in [0.2, 0.25) is 0 Å². The molecule has 1 aliphatic heterocycles. The van der Waals surface area contributed by atoms with Crippen LogP contribution in [0.4, 0.5) is 26.3 Å². The van der Waals surface area contributed by atoms with E-state index in [9.17, 15) is 31.1 Å². The molecule has 1 atom stereocenters. The van der Waals surface area contributed by atoms with Crippen molar-refractivity contribution < 1.29 is 35.9 Å². The standard InChI is InChI=1S/C13H10BrF6NO2/c14-7-21-9(6-8-4-2-1-3-5-8)10(22)23-11(21,12(15,16)17)13(18,19)20/h1-5,9H,6-7H2. The highest BCUT2D eigenvalue weighted by molar-refractivity contribution is 9.09. The van der Waals surface area contributed by atoms with Crippen molar-refractivity contribution in [3.05, 3.63) is 35.9 Å². The van der Waals surface area contributed by atoms with Crippen LogP contribution in [-0.4, -0.2) is 40.4 Å². The summed E-state index contributed by atoms with van der Waals surface area (Å²) < 4.78 is 82.9. The molecule has 128 valence electrons. The van der Waals surface area contributed by atoms with E-state index in [4.69, 9.17) is 0 Å². The molecule has 1 unspecified atom stereocenters. The lowest BCUT2D eigenvalue weighted by Crippen LogP contribution is -2.66. The second kappa shape index (κ2) is 5.97. The van der Waals surface area contributed by atoms with Crippen molar-refractivity contribution in [1.82, 2.24) is 4.90 Å². The predicted molar refractivity (Wildman–Crippen MR) is 70.5 cm³/mol. The van der Waals surface area contributed by atoms with Crippen molar-refractivity contribution in [2.75, 3.05) is 5.45 Å². The van der Waals surface area contributed by atoms with Crippen molar-refractivity contribution in [2.24, 2.45) is 0 Å². The third-order valence-electron chi connectivity index (χ3n) is 3.47. The number of alkyl halides is 7. The number of cyclic esters (lactones) is 1. The third-order valence-corrected chi connectivity index (χ3v) is 4.01. The molecule has 1 heterocycles. The zero-order chi connectivity index (χ0) is 17.5. The lowest BCUT2D eigenvalue weighted by atomic mass is 10.0. The Labute approximate surface area is 135 Å². The maximum Gasteiger partial charge on any atom is 0.453 e. The molecule has 1 aliphatic rings. The second-order valence-electron chi connectivity index (χ2n) is 4.86. The van der Waals surface area contributed by atoms with Gasteiger partial charge in [0.15, 0.2) is 0 Å². The summed E-state index contributed by atoms with van der Waals surface area (Å²) in [6, 6.07) is 6.06. The minimum absolute atomic E-state index is 0.0532. The Morgan fingerprint density at radius 1 is 1.09 bits per heavy atom. The zero-order valence-corrected chi connectivity index (χ0v) is 12.9. The molecular weight excluding hydrogens is 396 g/mol. The van der Waals surface area contributed by atoms with Crippen LogP contribution in [0.25, 0.3) is 0 Å². The fourth-order valence-electron chi connectivity index (χ4n) is 2.42. The number of carbonyl (C=O) groups excluding carboxylic acids is 1. The van der Waals surface area contributed by atoms with Crippen molar-refractivity contribution in [1.29, 1.82) is 0 Å². The Bertz CT molecular complexity index is 560. The molecule has 0 saturated carbocycles. The summed E-state index contributed by atoms with van der Waals surface area (Å²) in [5, 5.41) is 0. The van der Waals surface area contributed by atoms with E-state index in [0.717, 1.165) is 0 Å². The Morgan fingerprint density at radius 3 is 2.04 bits per heavy atom.